The molecule has 0 aromatic rings. The Balaban J connectivity index is 3.42. The molecular weight excluding hydrogens is 216 g/mol. The first-order valence-electron chi connectivity index (χ1n) is 4.79. The third-order valence-electron chi connectivity index (χ3n) is 2.25. The van der Waals surface area contributed by atoms with Crippen molar-refractivity contribution in [2.75, 3.05) is 11.9 Å². The average molecular weight is 237 g/mol. The van der Waals surface area contributed by atoms with Crippen molar-refractivity contribution in [2.24, 2.45) is 5.41 Å². The molecule has 0 aliphatic rings. The van der Waals surface area contributed by atoms with E-state index < -0.39 is 0 Å². The summed E-state index contributed by atoms with van der Waals surface area (Å²) in [6.45, 7) is 4.91. The number of alkyl halides is 1. The van der Waals surface area contributed by atoms with Crippen molar-refractivity contribution in [3.05, 3.63) is 0 Å². The largest absolute Gasteiger partial charge is 0.396 e. The normalized spacial score (nSPS) is 12.0. The first kappa shape index (κ1) is 12.4. The van der Waals surface area contributed by atoms with Gasteiger partial charge in [-0.3, -0.25) is 0 Å². The Morgan fingerprint density at radius 3 is 2.17 bits per heavy atom. The summed E-state index contributed by atoms with van der Waals surface area (Å²) < 4.78 is 0. The molecule has 2 heteroatoms. The third kappa shape index (κ3) is 7.11. The quantitative estimate of drug-likeness (QED) is 0.531. The van der Waals surface area contributed by atoms with Gasteiger partial charge in [0.05, 0.1) is 0 Å². The van der Waals surface area contributed by atoms with Gasteiger partial charge in [-0.05, 0) is 31.1 Å². The van der Waals surface area contributed by atoms with Gasteiger partial charge in [0.25, 0.3) is 0 Å². The van der Waals surface area contributed by atoms with Crippen LogP contribution < -0.4 is 0 Å². The molecule has 0 unspecified atom stereocenters. The molecule has 0 aromatic carbocycles. The molecular formula is C10H21BrO. The lowest BCUT2D eigenvalue weighted by Gasteiger charge is -2.23. The fourth-order valence-electron chi connectivity index (χ4n) is 1.38. The van der Waals surface area contributed by atoms with Crippen molar-refractivity contribution >= 4 is 15.9 Å². The van der Waals surface area contributed by atoms with Gasteiger partial charge in [0.1, 0.15) is 0 Å². The van der Waals surface area contributed by atoms with Gasteiger partial charge in [0.15, 0.2) is 0 Å². The second kappa shape index (κ2) is 6.90. The van der Waals surface area contributed by atoms with Gasteiger partial charge < -0.3 is 5.11 Å². The summed E-state index contributed by atoms with van der Waals surface area (Å²) in [4.78, 5) is 0. The number of rotatable bonds is 7. The van der Waals surface area contributed by atoms with E-state index in [9.17, 15) is 0 Å². The van der Waals surface area contributed by atoms with Crippen molar-refractivity contribution in [1.82, 2.24) is 0 Å². The number of aliphatic hydroxyl groups is 1. The van der Waals surface area contributed by atoms with Gasteiger partial charge in [0.2, 0.25) is 0 Å². The molecule has 0 amide bonds. The molecule has 0 aromatic heterocycles. The predicted molar refractivity (Wildman–Crippen MR) is 57.7 cm³/mol. The van der Waals surface area contributed by atoms with Crippen molar-refractivity contribution in [3.8, 4) is 0 Å². The van der Waals surface area contributed by atoms with Gasteiger partial charge in [-0.25, -0.2) is 0 Å². The Kier molecular flexibility index (Phi) is 7.16. The van der Waals surface area contributed by atoms with Crippen LogP contribution in [0.3, 0.4) is 0 Å². The standard InChI is InChI=1S/C10H21BrO/c1-10(2,7-5-9-12)6-3-4-8-11/h12H,3-9H2,1-2H3. The number of halogens is 1. The van der Waals surface area contributed by atoms with Gasteiger partial charge in [-0.1, -0.05) is 36.2 Å². The molecule has 0 atom stereocenters. The van der Waals surface area contributed by atoms with Crippen LogP contribution in [-0.4, -0.2) is 17.0 Å². The van der Waals surface area contributed by atoms with Crippen molar-refractivity contribution in [3.63, 3.8) is 0 Å². The van der Waals surface area contributed by atoms with Crippen LogP contribution in [0.25, 0.3) is 0 Å². The van der Waals surface area contributed by atoms with Crippen molar-refractivity contribution in [1.29, 1.82) is 0 Å². The number of hydrogen-bond donors (Lipinski definition) is 1. The molecule has 0 fully saturated rings. The van der Waals surface area contributed by atoms with Crippen LogP contribution in [0.1, 0.15) is 46.0 Å². The molecule has 1 nitrogen and oxygen atoms in total. The highest BCUT2D eigenvalue weighted by Crippen LogP contribution is 2.28. The summed E-state index contributed by atoms with van der Waals surface area (Å²) in [6, 6.07) is 0. The molecule has 0 spiro atoms. The lowest BCUT2D eigenvalue weighted by molar-refractivity contribution is 0.229. The maximum Gasteiger partial charge on any atom is 0.0431 e. The Bertz CT molecular complexity index is 102. The van der Waals surface area contributed by atoms with E-state index >= 15 is 0 Å². The molecule has 0 aliphatic heterocycles. The zero-order valence-corrected chi connectivity index (χ0v) is 9.86. The van der Waals surface area contributed by atoms with Crippen molar-refractivity contribution < 1.29 is 5.11 Å². The van der Waals surface area contributed by atoms with Gasteiger partial charge in [-0.15, -0.1) is 0 Å². The van der Waals surface area contributed by atoms with E-state index in [4.69, 9.17) is 5.11 Å². The van der Waals surface area contributed by atoms with E-state index in [1.807, 2.05) is 0 Å². The summed E-state index contributed by atoms with van der Waals surface area (Å²) in [7, 11) is 0. The van der Waals surface area contributed by atoms with Crippen molar-refractivity contribution in [2.45, 2.75) is 46.0 Å². The number of unbranched alkanes of at least 4 members (excludes halogenated alkanes) is 1. The highest BCUT2D eigenvalue weighted by Gasteiger charge is 2.15. The van der Waals surface area contributed by atoms with Crippen LogP contribution in [0.5, 0.6) is 0 Å². The lowest BCUT2D eigenvalue weighted by Crippen LogP contribution is -2.11. The average Bonchev–Trinajstić information content (AvgIpc) is 2.01. The summed E-state index contributed by atoms with van der Waals surface area (Å²) in [5, 5.41) is 9.81. The first-order chi connectivity index (χ1) is 5.62. The van der Waals surface area contributed by atoms with Gasteiger partial charge in [-0.2, -0.15) is 0 Å². The molecule has 0 radical (unpaired) electrons. The monoisotopic (exact) mass is 236 g/mol. The van der Waals surface area contributed by atoms with E-state index in [1.54, 1.807) is 0 Å². The summed E-state index contributed by atoms with van der Waals surface area (Å²) in [6.07, 6.45) is 5.93. The Labute approximate surface area is 84.7 Å². The fourth-order valence-corrected chi connectivity index (χ4v) is 1.78. The van der Waals surface area contributed by atoms with Crippen LogP contribution in [-0.2, 0) is 0 Å². The first-order valence-corrected chi connectivity index (χ1v) is 5.91. The Morgan fingerprint density at radius 1 is 1.08 bits per heavy atom. The molecule has 74 valence electrons. The maximum atomic E-state index is 8.69. The van der Waals surface area contributed by atoms with Gasteiger partial charge >= 0.3 is 0 Å². The highest BCUT2D eigenvalue weighted by molar-refractivity contribution is 9.09. The number of aliphatic hydroxyl groups excluding tert-OH is 1. The number of hydrogen-bond acceptors (Lipinski definition) is 1. The third-order valence-corrected chi connectivity index (χ3v) is 2.81. The molecule has 12 heavy (non-hydrogen) atoms. The second-order valence-electron chi connectivity index (χ2n) is 4.14. The van der Waals surface area contributed by atoms with Crippen LogP contribution in [0, 0.1) is 5.41 Å². The Morgan fingerprint density at radius 2 is 1.67 bits per heavy atom. The maximum absolute atomic E-state index is 8.69. The smallest absolute Gasteiger partial charge is 0.0431 e. The minimum Gasteiger partial charge on any atom is -0.396 e. The molecule has 0 saturated carbocycles. The minimum absolute atomic E-state index is 0.335. The zero-order valence-electron chi connectivity index (χ0n) is 8.27. The fraction of sp³-hybridized carbons (Fsp3) is 1.00. The molecule has 0 rings (SSSR count). The predicted octanol–water partition coefficient (Wildman–Crippen LogP) is 3.35. The van der Waals surface area contributed by atoms with E-state index in [-0.39, 0.29) is 0 Å². The topological polar surface area (TPSA) is 20.2 Å². The van der Waals surface area contributed by atoms with Crippen LogP contribution >= 0.6 is 15.9 Å². The summed E-state index contributed by atoms with van der Waals surface area (Å²) in [5.41, 5.74) is 0.422. The van der Waals surface area contributed by atoms with Crippen LogP contribution in [0.15, 0.2) is 0 Å². The van der Waals surface area contributed by atoms with Crippen LogP contribution in [0.2, 0.25) is 0 Å². The molecule has 0 bridgehead atoms. The minimum atomic E-state index is 0.335. The van der Waals surface area contributed by atoms with E-state index in [1.165, 1.54) is 19.3 Å². The van der Waals surface area contributed by atoms with E-state index in [0.717, 1.165) is 18.2 Å². The SMILES string of the molecule is CC(C)(CCCO)CCCCBr. The second-order valence-corrected chi connectivity index (χ2v) is 4.93. The zero-order chi connectivity index (χ0) is 9.45. The highest BCUT2D eigenvalue weighted by atomic mass is 79.9. The molecule has 0 aliphatic carbocycles. The molecule has 0 saturated heterocycles. The van der Waals surface area contributed by atoms with E-state index in [0.29, 0.717) is 12.0 Å². The van der Waals surface area contributed by atoms with Gasteiger partial charge in [0, 0.05) is 11.9 Å². The lowest BCUT2D eigenvalue weighted by atomic mass is 9.83. The summed E-state index contributed by atoms with van der Waals surface area (Å²) >= 11 is 3.43. The molecule has 0 heterocycles. The van der Waals surface area contributed by atoms with Crippen LogP contribution in [0.4, 0.5) is 0 Å². The summed E-state index contributed by atoms with van der Waals surface area (Å²) in [5.74, 6) is 0. The molecule has 1 N–H and O–H groups in total. The Hall–Kier alpha value is 0.440. The van der Waals surface area contributed by atoms with E-state index in [2.05, 4.69) is 29.8 Å².